The Morgan fingerprint density at radius 2 is 2.12 bits per heavy atom. The number of esters is 1. The predicted octanol–water partition coefficient (Wildman–Crippen LogP) is 4.31. The van der Waals surface area contributed by atoms with Crippen LogP contribution in [-0.4, -0.2) is 23.8 Å². The molecule has 0 aliphatic rings. The molecule has 0 radical (unpaired) electrons. The third kappa shape index (κ3) is 3.75. The molecule has 0 atom stereocenters. The Bertz CT molecular complexity index is 961. The zero-order chi connectivity index (χ0) is 18.5. The summed E-state index contributed by atoms with van der Waals surface area (Å²) in [4.78, 5) is 27.6. The zero-order valence-corrected chi connectivity index (χ0v) is 14.6. The smallest absolute Gasteiger partial charge is 0.339 e. The molecule has 6 nitrogen and oxygen atoms in total. The Balaban J connectivity index is 1.86. The molecule has 0 spiro atoms. The summed E-state index contributed by atoms with van der Waals surface area (Å²) in [5.74, 6) is -0.312. The van der Waals surface area contributed by atoms with Gasteiger partial charge in [-0.25, -0.2) is 9.78 Å². The maximum atomic E-state index is 11.9. The lowest BCUT2D eigenvalue weighted by Gasteiger charge is -2.07. The molecule has 3 rings (SSSR count). The maximum Gasteiger partial charge on any atom is 0.339 e. The van der Waals surface area contributed by atoms with E-state index in [0.717, 1.165) is 0 Å². The molecule has 132 valence electrons. The molecular formula is C19H15ClN2O4. The van der Waals surface area contributed by atoms with Crippen molar-refractivity contribution in [2.24, 2.45) is 0 Å². The first-order valence-electron chi connectivity index (χ1n) is 7.87. The van der Waals surface area contributed by atoms with E-state index in [0.29, 0.717) is 23.1 Å². The summed E-state index contributed by atoms with van der Waals surface area (Å²) >= 11 is 6.03. The number of nitrogens with zero attached hydrogens (tertiary/aromatic N) is 1. The molecular weight excluding hydrogens is 356 g/mol. The van der Waals surface area contributed by atoms with Gasteiger partial charge in [-0.05, 0) is 37.3 Å². The molecule has 1 aromatic heterocycles. The number of para-hydroxylation sites is 2. The average molecular weight is 371 g/mol. The topological polar surface area (TPSA) is 81.4 Å². The second kappa shape index (κ2) is 7.84. The van der Waals surface area contributed by atoms with E-state index in [9.17, 15) is 9.59 Å². The highest BCUT2D eigenvalue weighted by molar-refractivity contribution is 6.33. The van der Waals surface area contributed by atoms with Gasteiger partial charge < -0.3 is 14.5 Å². The van der Waals surface area contributed by atoms with Crippen LogP contribution in [0.1, 0.15) is 23.2 Å². The van der Waals surface area contributed by atoms with Crippen molar-refractivity contribution in [3.8, 4) is 0 Å². The number of hydrogen-bond donors (Lipinski definition) is 1. The number of fused-ring (bicyclic) bond motifs is 1. The van der Waals surface area contributed by atoms with E-state index in [1.54, 1.807) is 37.3 Å². The van der Waals surface area contributed by atoms with Crippen molar-refractivity contribution in [3.05, 3.63) is 65.1 Å². The predicted molar refractivity (Wildman–Crippen MR) is 99.1 cm³/mol. The molecule has 7 heteroatoms. The third-order valence-corrected chi connectivity index (χ3v) is 3.85. The number of benzene rings is 2. The van der Waals surface area contributed by atoms with E-state index in [2.05, 4.69) is 10.3 Å². The normalized spacial score (nSPS) is 11.4. The number of allylic oxidation sites excluding steroid dienone is 1. The highest BCUT2D eigenvalue weighted by Gasteiger charge is 2.13. The van der Waals surface area contributed by atoms with Crippen LogP contribution in [-0.2, 0) is 9.53 Å². The van der Waals surface area contributed by atoms with Gasteiger partial charge in [0.2, 0.25) is 5.89 Å². The summed E-state index contributed by atoms with van der Waals surface area (Å²) in [6, 6.07) is 12.0. The van der Waals surface area contributed by atoms with Gasteiger partial charge in [0.05, 0.1) is 22.8 Å². The second-order valence-electron chi connectivity index (χ2n) is 5.26. The van der Waals surface area contributed by atoms with Gasteiger partial charge in [-0.15, -0.1) is 0 Å². The van der Waals surface area contributed by atoms with Crippen LogP contribution in [0, 0.1) is 0 Å². The first-order chi connectivity index (χ1) is 12.6. The zero-order valence-electron chi connectivity index (χ0n) is 13.9. The Kier molecular flexibility index (Phi) is 5.34. The Labute approximate surface area is 154 Å². The Morgan fingerprint density at radius 1 is 1.31 bits per heavy atom. The molecule has 26 heavy (non-hydrogen) atoms. The van der Waals surface area contributed by atoms with Crippen LogP contribution >= 0.6 is 11.6 Å². The van der Waals surface area contributed by atoms with Crippen molar-refractivity contribution in [1.29, 1.82) is 0 Å². The van der Waals surface area contributed by atoms with Crippen LogP contribution in [0.25, 0.3) is 16.7 Å². The van der Waals surface area contributed by atoms with Crippen LogP contribution in [0.4, 0.5) is 5.69 Å². The minimum absolute atomic E-state index is 0.202. The number of carbonyl (C=O) groups excluding carboxylic acids is 2. The van der Waals surface area contributed by atoms with E-state index in [4.69, 9.17) is 20.8 Å². The summed E-state index contributed by atoms with van der Waals surface area (Å²) in [6.45, 7) is 1.97. The van der Waals surface area contributed by atoms with Crippen LogP contribution in [0.2, 0.25) is 5.02 Å². The molecule has 1 heterocycles. The summed E-state index contributed by atoms with van der Waals surface area (Å²) in [7, 11) is 0. The number of halogens is 1. The highest BCUT2D eigenvalue weighted by atomic mass is 35.5. The fourth-order valence-electron chi connectivity index (χ4n) is 2.28. The van der Waals surface area contributed by atoms with Crippen molar-refractivity contribution < 1.29 is 18.7 Å². The number of hydrogen-bond acceptors (Lipinski definition) is 6. The largest absolute Gasteiger partial charge is 0.462 e. The van der Waals surface area contributed by atoms with E-state index in [1.807, 2.05) is 12.1 Å². The van der Waals surface area contributed by atoms with Crippen LogP contribution in [0.5, 0.6) is 0 Å². The lowest BCUT2D eigenvalue weighted by Crippen LogP contribution is -2.06. The summed E-state index contributed by atoms with van der Waals surface area (Å²) < 4.78 is 10.5. The lowest BCUT2D eigenvalue weighted by molar-refractivity contribution is -0.103. The lowest BCUT2D eigenvalue weighted by atomic mass is 10.2. The molecule has 0 fully saturated rings. The van der Waals surface area contributed by atoms with E-state index >= 15 is 0 Å². The monoisotopic (exact) mass is 370 g/mol. The molecule has 0 unspecified atom stereocenters. The molecule has 0 saturated carbocycles. The van der Waals surface area contributed by atoms with Crippen molar-refractivity contribution in [3.63, 3.8) is 0 Å². The molecule has 1 N–H and O–H groups in total. The van der Waals surface area contributed by atoms with Crippen LogP contribution in [0.15, 0.2) is 53.1 Å². The number of oxazole rings is 1. The first kappa shape index (κ1) is 17.7. The second-order valence-corrected chi connectivity index (χ2v) is 5.67. The number of carbonyl (C=O) groups is 2. The van der Waals surface area contributed by atoms with Gasteiger partial charge in [-0.1, -0.05) is 23.7 Å². The maximum absolute atomic E-state index is 11.9. The molecule has 0 saturated heterocycles. The fraction of sp³-hybridized carbons (Fsp3) is 0.105. The number of aromatic nitrogens is 1. The number of aldehydes is 1. The summed E-state index contributed by atoms with van der Waals surface area (Å²) in [5, 5.41) is 3.23. The van der Waals surface area contributed by atoms with Gasteiger partial charge in [-0.3, -0.25) is 4.79 Å². The van der Waals surface area contributed by atoms with Crippen molar-refractivity contribution in [2.45, 2.75) is 6.92 Å². The van der Waals surface area contributed by atoms with E-state index in [-0.39, 0.29) is 28.7 Å². The van der Waals surface area contributed by atoms with Crippen molar-refractivity contribution >= 4 is 46.2 Å². The van der Waals surface area contributed by atoms with Gasteiger partial charge in [-0.2, -0.15) is 0 Å². The molecule has 0 aliphatic carbocycles. The number of anilines is 1. The highest BCUT2D eigenvalue weighted by Crippen LogP contribution is 2.23. The van der Waals surface area contributed by atoms with E-state index in [1.165, 1.54) is 6.20 Å². The van der Waals surface area contributed by atoms with Gasteiger partial charge in [0, 0.05) is 11.9 Å². The Hall–Kier alpha value is -3.12. The average Bonchev–Trinajstić information content (AvgIpc) is 3.07. The van der Waals surface area contributed by atoms with Crippen molar-refractivity contribution in [2.75, 3.05) is 11.9 Å². The molecule has 2 aromatic carbocycles. The van der Waals surface area contributed by atoms with E-state index < -0.39 is 5.97 Å². The van der Waals surface area contributed by atoms with Gasteiger partial charge in [0.1, 0.15) is 5.52 Å². The first-order valence-corrected chi connectivity index (χ1v) is 8.24. The van der Waals surface area contributed by atoms with Gasteiger partial charge in [0.15, 0.2) is 11.9 Å². The number of rotatable bonds is 6. The minimum atomic E-state index is -0.514. The molecule has 3 aromatic rings. The van der Waals surface area contributed by atoms with Gasteiger partial charge >= 0.3 is 5.97 Å². The molecule has 0 bridgehead atoms. The molecule has 0 aliphatic heterocycles. The Morgan fingerprint density at radius 3 is 2.85 bits per heavy atom. The SMILES string of the molecule is CCOC(=O)c1cc(NC=C(C=O)c2nc3ccccc3o2)ccc1Cl. The molecule has 0 amide bonds. The van der Waals surface area contributed by atoms with Crippen molar-refractivity contribution in [1.82, 2.24) is 4.98 Å². The standard InChI is InChI=1S/C19H15ClN2O4/c1-2-25-19(24)14-9-13(7-8-15(14)20)21-10-12(11-23)18-22-16-5-3-4-6-17(16)26-18/h3-11,21H,2H2,1H3. The minimum Gasteiger partial charge on any atom is -0.462 e. The number of nitrogens with one attached hydrogen (secondary N) is 1. The third-order valence-electron chi connectivity index (χ3n) is 3.52. The fourth-order valence-corrected chi connectivity index (χ4v) is 2.48. The number of ether oxygens (including phenoxy) is 1. The quantitative estimate of drug-likeness (QED) is 0.395. The van der Waals surface area contributed by atoms with Crippen LogP contribution in [0.3, 0.4) is 0 Å². The summed E-state index contributed by atoms with van der Waals surface area (Å²) in [6.07, 6.45) is 2.09. The van der Waals surface area contributed by atoms with Gasteiger partial charge in [0.25, 0.3) is 0 Å². The summed E-state index contributed by atoms with van der Waals surface area (Å²) in [5.41, 5.74) is 2.28. The van der Waals surface area contributed by atoms with Crippen LogP contribution < -0.4 is 5.32 Å².